The number of benzene rings is 1. The molecule has 0 aliphatic heterocycles. The van der Waals surface area contributed by atoms with Gasteiger partial charge in [0.15, 0.2) is 0 Å². The third kappa shape index (κ3) is 4.32. The fourth-order valence-electron chi connectivity index (χ4n) is 1.93. The highest BCUT2D eigenvalue weighted by molar-refractivity contribution is 5.76. The van der Waals surface area contributed by atoms with Gasteiger partial charge in [-0.25, -0.2) is 4.39 Å². The zero-order valence-corrected chi connectivity index (χ0v) is 11.3. The lowest BCUT2D eigenvalue weighted by molar-refractivity contribution is -0.121. The normalized spacial score (nSPS) is 13.8. The highest BCUT2D eigenvalue weighted by atomic mass is 19.1. The van der Waals surface area contributed by atoms with Crippen LogP contribution in [0.1, 0.15) is 36.8 Å². The van der Waals surface area contributed by atoms with Gasteiger partial charge in [-0.3, -0.25) is 4.79 Å². The number of amides is 1. The summed E-state index contributed by atoms with van der Waals surface area (Å²) in [6.07, 6.45) is 3.40. The number of rotatable bonds is 7. The summed E-state index contributed by atoms with van der Waals surface area (Å²) in [5.41, 5.74) is 0.541. The van der Waals surface area contributed by atoms with Crippen LogP contribution in [-0.4, -0.2) is 18.5 Å². The highest BCUT2D eigenvalue weighted by Crippen LogP contribution is 2.18. The second kappa shape index (κ2) is 7.01. The first kappa shape index (κ1) is 14.5. The van der Waals surface area contributed by atoms with E-state index < -0.39 is 5.82 Å². The van der Waals surface area contributed by atoms with Crippen LogP contribution >= 0.6 is 0 Å². The second-order valence-electron chi connectivity index (χ2n) is 5.01. The van der Waals surface area contributed by atoms with E-state index in [2.05, 4.69) is 10.6 Å². The zero-order valence-electron chi connectivity index (χ0n) is 11.3. The van der Waals surface area contributed by atoms with E-state index in [1.165, 1.54) is 6.07 Å². The van der Waals surface area contributed by atoms with Crippen LogP contribution in [0.3, 0.4) is 0 Å². The van der Waals surface area contributed by atoms with Crippen molar-refractivity contribution in [3.05, 3.63) is 35.1 Å². The predicted octanol–water partition coefficient (Wildman–Crippen LogP) is 1.85. The quantitative estimate of drug-likeness (QED) is 0.746. The topological polar surface area (TPSA) is 64.9 Å². The van der Waals surface area contributed by atoms with Crippen LogP contribution in [0.2, 0.25) is 0 Å². The Balaban J connectivity index is 1.65. The summed E-state index contributed by atoms with van der Waals surface area (Å²) in [4.78, 5) is 11.4. The Kier molecular flexibility index (Phi) is 5.08. The fraction of sp³-hybridized carbons (Fsp3) is 0.467. The molecular formula is C15H18FN3O. The minimum Gasteiger partial charge on any atom is -0.353 e. The molecule has 5 heteroatoms. The molecule has 2 N–H and O–H groups in total. The first-order valence-corrected chi connectivity index (χ1v) is 6.88. The molecule has 2 rings (SSSR count). The van der Waals surface area contributed by atoms with Crippen LogP contribution in [0.4, 0.5) is 4.39 Å². The largest absolute Gasteiger partial charge is 0.353 e. The Bertz CT molecular complexity index is 520. The van der Waals surface area contributed by atoms with E-state index in [-0.39, 0.29) is 11.5 Å². The molecule has 1 aliphatic carbocycles. The number of halogens is 1. The van der Waals surface area contributed by atoms with Crippen molar-refractivity contribution >= 4 is 5.91 Å². The lowest BCUT2D eigenvalue weighted by atomic mass is 10.1. The Morgan fingerprint density at radius 1 is 1.45 bits per heavy atom. The number of nitriles is 1. The smallest absolute Gasteiger partial charge is 0.220 e. The Morgan fingerprint density at radius 3 is 2.95 bits per heavy atom. The third-order valence-corrected chi connectivity index (χ3v) is 3.21. The van der Waals surface area contributed by atoms with Crippen LogP contribution in [0, 0.1) is 17.1 Å². The minimum atomic E-state index is -0.464. The molecule has 1 aromatic rings. The Labute approximate surface area is 118 Å². The van der Waals surface area contributed by atoms with Crippen LogP contribution in [-0.2, 0) is 11.3 Å². The van der Waals surface area contributed by atoms with Crippen molar-refractivity contribution in [2.75, 3.05) is 6.54 Å². The van der Waals surface area contributed by atoms with E-state index in [1.54, 1.807) is 12.1 Å². The number of carbonyl (C=O) groups is 1. The van der Waals surface area contributed by atoms with Crippen molar-refractivity contribution in [1.82, 2.24) is 10.6 Å². The first-order valence-electron chi connectivity index (χ1n) is 6.88. The SMILES string of the molecule is N#Cc1cccc(CNCCCC(=O)NC2CC2)c1F. The molecule has 1 aliphatic rings. The van der Waals surface area contributed by atoms with E-state index in [9.17, 15) is 9.18 Å². The summed E-state index contributed by atoms with van der Waals surface area (Å²) in [6.45, 7) is 1.01. The van der Waals surface area contributed by atoms with Gasteiger partial charge < -0.3 is 10.6 Å². The first-order chi connectivity index (χ1) is 9.70. The maximum absolute atomic E-state index is 13.7. The molecule has 0 aromatic heterocycles. The number of nitrogens with one attached hydrogen (secondary N) is 2. The molecule has 20 heavy (non-hydrogen) atoms. The average Bonchev–Trinajstić information content (AvgIpc) is 3.24. The number of hydrogen-bond acceptors (Lipinski definition) is 3. The molecule has 0 unspecified atom stereocenters. The van der Waals surface area contributed by atoms with Gasteiger partial charge in [-0.05, 0) is 31.9 Å². The van der Waals surface area contributed by atoms with E-state index in [0.717, 1.165) is 19.3 Å². The van der Waals surface area contributed by atoms with Gasteiger partial charge in [0.2, 0.25) is 5.91 Å². The van der Waals surface area contributed by atoms with Crippen LogP contribution in [0.15, 0.2) is 18.2 Å². The summed E-state index contributed by atoms with van der Waals surface area (Å²) in [6, 6.07) is 7.01. The third-order valence-electron chi connectivity index (χ3n) is 3.21. The van der Waals surface area contributed by atoms with E-state index in [1.807, 2.05) is 6.07 Å². The maximum Gasteiger partial charge on any atom is 0.220 e. The fourth-order valence-corrected chi connectivity index (χ4v) is 1.93. The molecule has 0 saturated heterocycles. The monoisotopic (exact) mass is 275 g/mol. The van der Waals surface area contributed by atoms with Gasteiger partial charge in [-0.15, -0.1) is 0 Å². The average molecular weight is 275 g/mol. The van der Waals surface area contributed by atoms with E-state index in [4.69, 9.17) is 5.26 Å². The van der Waals surface area contributed by atoms with Crippen molar-refractivity contribution < 1.29 is 9.18 Å². The van der Waals surface area contributed by atoms with Crippen molar-refractivity contribution in [3.8, 4) is 6.07 Å². The summed E-state index contributed by atoms with van der Waals surface area (Å²) < 4.78 is 13.7. The van der Waals surface area contributed by atoms with Crippen molar-refractivity contribution in [2.45, 2.75) is 38.3 Å². The van der Waals surface area contributed by atoms with Crippen molar-refractivity contribution in [3.63, 3.8) is 0 Å². The number of nitrogens with zero attached hydrogens (tertiary/aromatic N) is 1. The highest BCUT2D eigenvalue weighted by Gasteiger charge is 2.22. The second-order valence-corrected chi connectivity index (χ2v) is 5.01. The molecular weight excluding hydrogens is 257 g/mol. The van der Waals surface area contributed by atoms with E-state index in [0.29, 0.717) is 31.1 Å². The molecule has 0 spiro atoms. The minimum absolute atomic E-state index is 0.0631. The van der Waals surface area contributed by atoms with Crippen LogP contribution in [0.5, 0.6) is 0 Å². The lowest BCUT2D eigenvalue weighted by Crippen LogP contribution is -2.26. The Morgan fingerprint density at radius 2 is 2.25 bits per heavy atom. The molecule has 1 amide bonds. The molecule has 4 nitrogen and oxygen atoms in total. The molecule has 0 atom stereocenters. The number of carbonyl (C=O) groups excluding carboxylic acids is 1. The van der Waals surface area contributed by atoms with Gasteiger partial charge in [0.05, 0.1) is 5.56 Å². The van der Waals surface area contributed by atoms with Gasteiger partial charge in [0.25, 0.3) is 0 Å². The van der Waals surface area contributed by atoms with Gasteiger partial charge >= 0.3 is 0 Å². The van der Waals surface area contributed by atoms with Crippen LogP contribution < -0.4 is 10.6 Å². The van der Waals surface area contributed by atoms with Crippen molar-refractivity contribution in [2.24, 2.45) is 0 Å². The van der Waals surface area contributed by atoms with Crippen molar-refractivity contribution in [1.29, 1.82) is 5.26 Å². The van der Waals surface area contributed by atoms with E-state index >= 15 is 0 Å². The zero-order chi connectivity index (χ0) is 14.4. The molecule has 1 fully saturated rings. The maximum atomic E-state index is 13.7. The Hall–Kier alpha value is -1.93. The summed E-state index contributed by atoms with van der Waals surface area (Å²) in [5, 5.41) is 14.7. The molecule has 0 bridgehead atoms. The summed E-state index contributed by atoms with van der Waals surface area (Å²) in [7, 11) is 0. The molecule has 1 aromatic carbocycles. The predicted molar refractivity (Wildman–Crippen MR) is 73.2 cm³/mol. The van der Waals surface area contributed by atoms with Crippen LogP contribution in [0.25, 0.3) is 0 Å². The van der Waals surface area contributed by atoms with Gasteiger partial charge in [0.1, 0.15) is 11.9 Å². The summed E-state index contributed by atoms with van der Waals surface area (Å²) >= 11 is 0. The molecule has 0 heterocycles. The molecule has 1 saturated carbocycles. The molecule has 0 radical (unpaired) electrons. The standard InChI is InChI=1S/C15H18FN3O/c16-15-11(9-17)3-1-4-12(15)10-18-8-2-5-14(20)19-13-6-7-13/h1,3-4,13,18H,2,5-8,10H2,(H,19,20). The van der Waals surface area contributed by atoms with Gasteiger partial charge in [-0.1, -0.05) is 12.1 Å². The lowest BCUT2D eigenvalue weighted by Gasteiger charge is -2.07. The summed E-state index contributed by atoms with van der Waals surface area (Å²) in [5.74, 6) is -0.374. The number of hydrogen-bond donors (Lipinski definition) is 2. The van der Waals surface area contributed by atoms with Gasteiger partial charge in [-0.2, -0.15) is 5.26 Å². The van der Waals surface area contributed by atoms with Gasteiger partial charge in [0, 0.05) is 24.6 Å². The molecule has 106 valence electrons.